The molecule has 0 amide bonds. The van der Waals surface area contributed by atoms with E-state index in [4.69, 9.17) is 9.47 Å². The highest BCUT2D eigenvalue weighted by Gasteiger charge is 2.52. The molecule has 5 atom stereocenters. The predicted molar refractivity (Wildman–Crippen MR) is 70.0 cm³/mol. The second-order valence-corrected chi connectivity index (χ2v) is 6.40. The summed E-state index contributed by atoms with van der Waals surface area (Å²) in [6, 6.07) is 0. The van der Waals surface area contributed by atoms with E-state index < -0.39 is 0 Å². The van der Waals surface area contributed by atoms with Gasteiger partial charge < -0.3 is 9.47 Å². The summed E-state index contributed by atoms with van der Waals surface area (Å²) in [7, 11) is 3.71. The normalized spacial score (nSPS) is 43.4. The number of fused-ring (bicyclic) bond motifs is 1. The second kappa shape index (κ2) is 5.27. The van der Waals surface area contributed by atoms with E-state index in [2.05, 4.69) is 13.8 Å². The van der Waals surface area contributed by atoms with Gasteiger partial charge in [-0.3, -0.25) is 0 Å². The molecule has 2 aliphatic rings. The number of hydrogen-bond acceptors (Lipinski definition) is 2. The van der Waals surface area contributed by atoms with Crippen LogP contribution < -0.4 is 0 Å². The summed E-state index contributed by atoms with van der Waals surface area (Å²) < 4.78 is 11.1. The largest absolute Gasteiger partial charge is 0.384 e. The van der Waals surface area contributed by atoms with Crippen LogP contribution in [0.4, 0.5) is 0 Å². The minimum atomic E-state index is 0.497. The predicted octanol–water partition coefficient (Wildman–Crippen LogP) is 3.50. The van der Waals surface area contributed by atoms with Crippen molar-refractivity contribution in [2.24, 2.45) is 23.2 Å². The third-order valence-corrected chi connectivity index (χ3v) is 5.55. The SMILES string of the molecule is COC[C@H](C)C1CCC2C(OC)CCCC21C. The summed E-state index contributed by atoms with van der Waals surface area (Å²) in [4.78, 5) is 0. The Morgan fingerprint density at radius 3 is 2.65 bits per heavy atom. The third-order valence-electron chi connectivity index (χ3n) is 5.55. The van der Waals surface area contributed by atoms with Crippen LogP contribution >= 0.6 is 0 Å². The lowest BCUT2D eigenvalue weighted by Gasteiger charge is -2.46. The van der Waals surface area contributed by atoms with Gasteiger partial charge in [-0.25, -0.2) is 0 Å². The molecule has 2 nitrogen and oxygen atoms in total. The van der Waals surface area contributed by atoms with Gasteiger partial charge in [0.2, 0.25) is 0 Å². The van der Waals surface area contributed by atoms with Crippen LogP contribution in [0.1, 0.15) is 46.0 Å². The van der Waals surface area contributed by atoms with Crippen molar-refractivity contribution in [1.82, 2.24) is 0 Å². The number of hydrogen-bond donors (Lipinski definition) is 0. The summed E-state index contributed by atoms with van der Waals surface area (Å²) in [5.74, 6) is 2.29. The Hall–Kier alpha value is -0.0800. The standard InChI is InChI=1S/C15H28O2/c1-11(10-16-3)12-7-8-13-14(17-4)6-5-9-15(12,13)2/h11-14H,5-10H2,1-4H3/t11-,12?,13?,14?,15?/m0/s1. The highest BCUT2D eigenvalue weighted by Crippen LogP contribution is 2.58. The summed E-state index contributed by atoms with van der Waals surface area (Å²) >= 11 is 0. The van der Waals surface area contributed by atoms with Crippen LogP contribution in [0.2, 0.25) is 0 Å². The fourth-order valence-corrected chi connectivity index (χ4v) is 4.76. The third kappa shape index (κ3) is 2.26. The van der Waals surface area contributed by atoms with Crippen molar-refractivity contribution in [1.29, 1.82) is 0 Å². The Morgan fingerprint density at radius 1 is 1.24 bits per heavy atom. The molecule has 0 aromatic rings. The van der Waals surface area contributed by atoms with E-state index >= 15 is 0 Å². The molecular weight excluding hydrogens is 212 g/mol. The van der Waals surface area contributed by atoms with Crippen LogP contribution in [0.25, 0.3) is 0 Å². The van der Waals surface area contributed by atoms with Crippen LogP contribution in [-0.2, 0) is 9.47 Å². The Bertz CT molecular complexity index is 253. The molecule has 2 rings (SSSR count). The van der Waals surface area contributed by atoms with Gasteiger partial charge >= 0.3 is 0 Å². The van der Waals surface area contributed by atoms with E-state index in [9.17, 15) is 0 Å². The lowest BCUT2D eigenvalue weighted by atomic mass is 9.62. The van der Waals surface area contributed by atoms with Gasteiger partial charge in [-0.2, -0.15) is 0 Å². The van der Waals surface area contributed by atoms with E-state index in [1.807, 2.05) is 14.2 Å². The molecule has 2 heteroatoms. The summed E-state index contributed by atoms with van der Waals surface area (Å²) in [6.07, 6.45) is 7.22. The zero-order valence-corrected chi connectivity index (χ0v) is 11.9. The molecule has 0 aromatic heterocycles. The van der Waals surface area contributed by atoms with Crippen LogP contribution in [0, 0.1) is 23.2 Å². The van der Waals surface area contributed by atoms with Crippen LogP contribution in [0.3, 0.4) is 0 Å². The Balaban J connectivity index is 2.12. The van der Waals surface area contributed by atoms with Gasteiger partial charge in [0.1, 0.15) is 0 Å². The summed E-state index contributed by atoms with van der Waals surface area (Å²) in [5.41, 5.74) is 0.497. The highest BCUT2D eigenvalue weighted by molar-refractivity contribution is 5.01. The molecule has 0 spiro atoms. The van der Waals surface area contributed by atoms with E-state index in [1.165, 1.54) is 32.1 Å². The van der Waals surface area contributed by atoms with Crippen molar-refractivity contribution in [2.45, 2.75) is 52.1 Å². The minimum absolute atomic E-state index is 0.497. The van der Waals surface area contributed by atoms with Crippen molar-refractivity contribution in [3.05, 3.63) is 0 Å². The molecule has 0 aromatic carbocycles. The maximum absolute atomic E-state index is 5.73. The van der Waals surface area contributed by atoms with E-state index in [-0.39, 0.29) is 0 Å². The minimum Gasteiger partial charge on any atom is -0.384 e. The second-order valence-electron chi connectivity index (χ2n) is 6.40. The molecular formula is C15H28O2. The first kappa shape index (κ1) is 13.4. The topological polar surface area (TPSA) is 18.5 Å². The molecule has 2 saturated carbocycles. The number of ether oxygens (including phenoxy) is 2. The molecule has 0 heterocycles. The van der Waals surface area contributed by atoms with Gasteiger partial charge in [0.15, 0.2) is 0 Å². The maximum Gasteiger partial charge on any atom is 0.0604 e. The first-order chi connectivity index (χ1) is 8.13. The van der Waals surface area contributed by atoms with Crippen LogP contribution in [0.5, 0.6) is 0 Å². The molecule has 0 aliphatic heterocycles. The first-order valence-electron chi connectivity index (χ1n) is 7.15. The first-order valence-corrected chi connectivity index (χ1v) is 7.15. The molecule has 2 fully saturated rings. The van der Waals surface area contributed by atoms with Crippen molar-refractivity contribution >= 4 is 0 Å². The van der Waals surface area contributed by atoms with Crippen molar-refractivity contribution in [3.8, 4) is 0 Å². The van der Waals surface area contributed by atoms with Gasteiger partial charge in [-0.05, 0) is 48.9 Å². The molecule has 0 bridgehead atoms. The van der Waals surface area contributed by atoms with Crippen molar-refractivity contribution < 1.29 is 9.47 Å². The van der Waals surface area contributed by atoms with Crippen LogP contribution in [0.15, 0.2) is 0 Å². The molecule has 2 aliphatic carbocycles. The van der Waals surface area contributed by atoms with E-state index in [1.54, 1.807) is 0 Å². The molecule has 100 valence electrons. The lowest BCUT2D eigenvalue weighted by Crippen LogP contribution is -2.42. The van der Waals surface area contributed by atoms with E-state index in [0.29, 0.717) is 17.4 Å². The van der Waals surface area contributed by atoms with E-state index in [0.717, 1.165) is 18.4 Å². The molecule has 4 unspecified atom stereocenters. The highest BCUT2D eigenvalue weighted by atomic mass is 16.5. The zero-order valence-electron chi connectivity index (χ0n) is 11.9. The van der Waals surface area contributed by atoms with Crippen LogP contribution in [-0.4, -0.2) is 26.9 Å². The summed E-state index contributed by atoms with van der Waals surface area (Å²) in [5, 5.41) is 0. The maximum atomic E-state index is 5.73. The van der Waals surface area contributed by atoms with Crippen molar-refractivity contribution in [3.63, 3.8) is 0 Å². The average Bonchev–Trinajstić information content (AvgIpc) is 2.66. The quantitative estimate of drug-likeness (QED) is 0.749. The fraction of sp³-hybridized carbons (Fsp3) is 1.00. The Kier molecular flexibility index (Phi) is 4.14. The molecule has 17 heavy (non-hydrogen) atoms. The average molecular weight is 240 g/mol. The Labute approximate surface area is 106 Å². The monoisotopic (exact) mass is 240 g/mol. The molecule has 0 N–H and O–H groups in total. The summed E-state index contributed by atoms with van der Waals surface area (Å²) in [6.45, 7) is 5.77. The van der Waals surface area contributed by atoms with Gasteiger partial charge in [-0.1, -0.05) is 20.3 Å². The van der Waals surface area contributed by atoms with Crippen molar-refractivity contribution in [2.75, 3.05) is 20.8 Å². The lowest BCUT2D eigenvalue weighted by molar-refractivity contribution is -0.0546. The Morgan fingerprint density at radius 2 is 2.00 bits per heavy atom. The van der Waals surface area contributed by atoms with Gasteiger partial charge in [0.05, 0.1) is 6.10 Å². The fourth-order valence-electron chi connectivity index (χ4n) is 4.76. The number of methoxy groups -OCH3 is 2. The van der Waals surface area contributed by atoms with Gasteiger partial charge in [-0.15, -0.1) is 0 Å². The molecule has 0 radical (unpaired) electrons. The molecule has 0 saturated heterocycles. The number of rotatable bonds is 4. The smallest absolute Gasteiger partial charge is 0.0604 e. The zero-order chi connectivity index (χ0) is 12.5. The van der Waals surface area contributed by atoms with Gasteiger partial charge in [0, 0.05) is 20.8 Å². The van der Waals surface area contributed by atoms with Gasteiger partial charge in [0.25, 0.3) is 0 Å².